The van der Waals surface area contributed by atoms with Gasteiger partial charge in [0.15, 0.2) is 5.78 Å². The number of nitrogens with one attached hydrogen (secondary N) is 2. The van der Waals surface area contributed by atoms with Crippen LogP contribution in [0.25, 0.3) is 16.5 Å². The zero-order chi connectivity index (χ0) is 19.8. The third-order valence-corrected chi connectivity index (χ3v) is 5.12. The fraction of sp³-hybridized carbons (Fsp3) is 0.174. The Morgan fingerprint density at radius 3 is 3.00 bits per heavy atom. The van der Waals surface area contributed by atoms with E-state index in [1.165, 1.54) is 0 Å². The molecule has 144 valence electrons. The molecule has 1 aromatic heterocycles. The van der Waals surface area contributed by atoms with Crippen LogP contribution in [0.3, 0.4) is 0 Å². The number of ketones is 1. The van der Waals surface area contributed by atoms with E-state index in [-0.39, 0.29) is 5.78 Å². The van der Waals surface area contributed by atoms with Crippen LogP contribution in [0.4, 0.5) is 17.3 Å². The van der Waals surface area contributed by atoms with Crippen molar-refractivity contribution < 1.29 is 9.53 Å². The van der Waals surface area contributed by atoms with Crippen molar-refractivity contribution in [2.24, 2.45) is 0 Å². The number of Topliss-reactive ketones (excluding diaryl/α,β-unsaturated/α-hetero) is 1. The van der Waals surface area contributed by atoms with Crippen molar-refractivity contribution in [1.29, 1.82) is 0 Å². The number of fused-ring (bicyclic) bond motifs is 2. The number of benzene rings is 2. The maximum atomic E-state index is 12.3. The van der Waals surface area contributed by atoms with Gasteiger partial charge in [-0.2, -0.15) is 0 Å². The Labute approximate surface area is 168 Å². The first kappa shape index (κ1) is 17.4. The van der Waals surface area contributed by atoms with Gasteiger partial charge in [-0.05, 0) is 48.4 Å². The maximum Gasteiger partial charge on any atom is 0.227 e. The molecule has 6 nitrogen and oxygen atoms in total. The normalized spacial score (nSPS) is 15.7. The summed E-state index contributed by atoms with van der Waals surface area (Å²) in [6, 6.07) is 11.7. The van der Waals surface area contributed by atoms with Gasteiger partial charge in [-0.1, -0.05) is 18.2 Å². The highest BCUT2D eigenvalue weighted by molar-refractivity contribution is 6.23. The third kappa shape index (κ3) is 3.33. The summed E-state index contributed by atoms with van der Waals surface area (Å²) in [5, 5.41) is 7.47. The molecule has 0 unspecified atom stereocenters. The molecule has 2 aliphatic rings. The van der Waals surface area contributed by atoms with E-state index in [2.05, 4.69) is 20.6 Å². The average Bonchev–Trinajstić information content (AvgIpc) is 2.73. The number of ether oxygens (including phenoxy) is 1. The zero-order valence-corrected chi connectivity index (χ0v) is 16.0. The Morgan fingerprint density at radius 1 is 1.17 bits per heavy atom. The van der Waals surface area contributed by atoms with Crippen molar-refractivity contribution in [1.82, 2.24) is 9.97 Å². The molecule has 0 radical (unpaired) electrons. The molecule has 0 bridgehead atoms. The lowest BCUT2D eigenvalue weighted by molar-refractivity contribution is -0.113. The first-order chi connectivity index (χ1) is 14.2. The molecule has 6 heteroatoms. The molecule has 29 heavy (non-hydrogen) atoms. The van der Waals surface area contributed by atoms with E-state index in [0.29, 0.717) is 19.0 Å². The molecule has 5 rings (SSSR count). The van der Waals surface area contributed by atoms with Crippen molar-refractivity contribution in [2.75, 3.05) is 23.8 Å². The van der Waals surface area contributed by atoms with Gasteiger partial charge in [0.2, 0.25) is 5.95 Å². The molecule has 0 amide bonds. The SMILES string of the molecule is CC1=C(c2ccc3nc(Nc4ccc5c(c4)NCCO5)ncc3c2)C(=O)CC=C1. The van der Waals surface area contributed by atoms with E-state index >= 15 is 0 Å². The topological polar surface area (TPSA) is 76.1 Å². The summed E-state index contributed by atoms with van der Waals surface area (Å²) >= 11 is 0. The largest absolute Gasteiger partial charge is 0.490 e. The van der Waals surface area contributed by atoms with E-state index in [9.17, 15) is 4.79 Å². The minimum absolute atomic E-state index is 0.147. The minimum Gasteiger partial charge on any atom is -0.490 e. The maximum absolute atomic E-state index is 12.3. The molecule has 0 atom stereocenters. The number of carbonyl (C=O) groups excluding carboxylic acids is 1. The van der Waals surface area contributed by atoms with Crippen LogP contribution < -0.4 is 15.4 Å². The van der Waals surface area contributed by atoms with Gasteiger partial charge >= 0.3 is 0 Å². The summed E-state index contributed by atoms with van der Waals surface area (Å²) in [4.78, 5) is 21.4. The number of hydrogen-bond acceptors (Lipinski definition) is 6. The van der Waals surface area contributed by atoms with Crippen LogP contribution in [-0.2, 0) is 4.79 Å². The smallest absolute Gasteiger partial charge is 0.227 e. The molecule has 0 saturated heterocycles. The minimum atomic E-state index is 0.147. The standard InChI is InChI=1S/C23H20N4O2/c1-14-3-2-4-20(28)22(14)15-5-7-18-16(11-15)13-25-23(27-18)26-17-6-8-21-19(12-17)24-9-10-29-21/h2-3,5-8,11-13,24H,4,9-10H2,1H3,(H,25,26,27). The van der Waals surface area contributed by atoms with Crippen LogP contribution in [-0.4, -0.2) is 28.9 Å². The number of allylic oxidation sites excluding steroid dienone is 4. The monoisotopic (exact) mass is 384 g/mol. The molecule has 2 aromatic carbocycles. The summed E-state index contributed by atoms with van der Waals surface area (Å²) < 4.78 is 5.61. The Balaban J connectivity index is 1.44. The molecular weight excluding hydrogens is 364 g/mol. The van der Waals surface area contributed by atoms with E-state index < -0.39 is 0 Å². The van der Waals surface area contributed by atoms with E-state index in [1.807, 2.05) is 55.5 Å². The van der Waals surface area contributed by atoms with Crippen molar-refractivity contribution in [3.05, 3.63) is 65.9 Å². The summed E-state index contributed by atoms with van der Waals surface area (Å²) in [5.74, 6) is 1.52. The van der Waals surface area contributed by atoms with E-state index in [1.54, 1.807) is 6.20 Å². The van der Waals surface area contributed by atoms with Gasteiger partial charge in [-0.15, -0.1) is 0 Å². The second kappa shape index (κ2) is 7.05. The summed E-state index contributed by atoms with van der Waals surface area (Å²) in [7, 11) is 0. The number of carbonyl (C=O) groups is 1. The molecule has 2 N–H and O–H groups in total. The van der Waals surface area contributed by atoms with Crippen molar-refractivity contribution >= 4 is 39.6 Å². The molecule has 1 aliphatic heterocycles. The van der Waals surface area contributed by atoms with E-state index in [0.717, 1.165) is 51.3 Å². The number of rotatable bonds is 3. The fourth-order valence-electron chi connectivity index (χ4n) is 3.73. The van der Waals surface area contributed by atoms with Crippen LogP contribution in [0.2, 0.25) is 0 Å². The van der Waals surface area contributed by atoms with Crippen LogP contribution in [0.1, 0.15) is 18.9 Å². The molecule has 0 saturated carbocycles. The van der Waals surface area contributed by atoms with Crippen molar-refractivity contribution in [3.8, 4) is 5.75 Å². The van der Waals surface area contributed by atoms with Gasteiger partial charge in [0.25, 0.3) is 0 Å². The van der Waals surface area contributed by atoms with Crippen LogP contribution in [0.15, 0.2) is 60.3 Å². The van der Waals surface area contributed by atoms with Gasteiger partial charge in [-0.3, -0.25) is 4.79 Å². The number of hydrogen-bond donors (Lipinski definition) is 2. The number of aromatic nitrogens is 2. The highest BCUT2D eigenvalue weighted by atomic mass is 16.5. The number of nitrogens with zero attached hydrogens (tertiary/aromatic N) is 2. The first-order valence-corrected chi connectivity index (χ1v) is 9.63. The summed E-state index contributed by atoms with van der Waals surface area (Å²) in [6.07, 6.45) is 6.15. The van der Waals surface area contributed by atoms with Crippen molar-refractivity contribution in [3.63, 3.8) is 0 Å². The zero-order valence-electron chi connectivity index (χ0n) is 16.0. The molecule has 3 aromatic rings. The predicted octanol–water partition coefficient (Wildman–Crippen LogP) is 4.48. The summed E-state index contributed by atoms with van der Waals surface area (Å²) in [5.41, 5.74) is 5.35. The second-order valence-electron chi connectivity index (χ2n) is 7.17. The van der Waals surface area contributed by atoms with Gasteiger partial charge in [0.05, 0.1) is 11.2 Å². The average molecular weight is 384 g/mol. The fourth-order valence-corrected chi connectivity index (χ4v) is 3.73. The molecule has 1 aliphatic carbocycles. The lowest BCUT2D eigenvalue weighted by Crippen LogP contribution is -2.17. The molecular formula is C23H20N4O2. The Morgan fingerprint density at radius 2 is 2.10 bits per heavy atom. The molecule has 2 heterocycles. The highest BCUT2D eigenvalue weighted by Crippen LogP contribution is 2.31. The van der Waals surface area contributed by atoms with Crippen LogP contribution >= 0.6 is 0 Å². The van der Waals surface area contributed by atoms with Crippen LogP contribution in [0.5, 0.6) is 5.75 Å². The third-order valence-electron chi connectivity index (χ3n) is 5.12. The van der Waals surface area contributed by atoms with Gasteiger partial charge in [0, 0.05) is 35.8 Å². The van der Waals surface area contributed by atoms with Gasteiger partial charge in [0.1, 0.15) is 12.4 Å². The van der Waals surface area contributed by atoms with Crippen LogP contribution in [0, 0.1) is 0 Å². The Kier molecular flexibility index (Phi) is 4.24. The van der Waals surface area contributed by atoms with E-state index in [4.69, 9.17) is 4.74 Å². The van der Waals surface area contributed by atoms with Crippen molar-refractivity contribution in [2.45, 2.75) is 13.3 Å². The first-order valence-electron chi connectivity index (χ1n) is 9.63. The lowest BCUT2D eigenvalue weighted by Gasteiger charge is -2.19. The van der Waals surface area contributed by atoms with Gasteiger partial charge in [-0.25, -0.2) is 9.97 Å². The quantitative estimate of drug-likeness (QED) is 0.693. The number of anilines is 3. The molecule has 0 fully saturated rings. The Hall–Kier alpha value is -3.67. The Bertz CT molecular complexity index is 1200. The second-order valence-corrected chi connectivity index (χ2v) is 7.17. The summed E-state index contributed by atoms with van der Waals surface area (Å²) in [6.45, 7) is 3.43. The lowest BCUT2D eigenvalue weighted by atomic mass is 9.91. The van der Waals surface area contributed by atoms with Gasteiger partial charge < -0.3 is 15.4 Å². The molecule has 0 spiro atoms. The predicted molar refractivity (Wildman–Crippen MR) is 115 cm³/mol. The highest BCUT2D eigenvalue weighted by Gasteiger charge is 2.17.